The van der Waals surface area contributed by atoms with Crippen LogP contribution in [0.5, 0.6) is 0 Å². The maximum atomic E-state index is 4.78. The number of nitrogens with one attached hydrogen (secondary N) is 2. The third-order valence-corrected chi connectivity index (χ3v) is 5.30. The number of hydrogen-bond acceptors (Lipinski definition) is 4. The lowest BCUT2D eigenvalue weighted by Gasteiger charge is -2.16. The van der Waals surface area contributed by atoms with Crippen LogP contribution < -0.4 is 10.6 Å². The molecule has 2 saturated carbocycles. The van der Waals surface area contributed by atoms with Crippen LogP contribution in [0, 0.1) is 13.8 Å². The molecule has 2 fully saturated rings. The van der Waals surface area contributed by atoms with Gasteiger partial charge in [-0.3, -0.25) is 0 Å². The topological polar surface area (TPSA) is 49.8 Å². The molecule has 0 amide bonds. The van der Waals surface area contributed by atoms with Crippen LogP contribution in [0.1, 0.15) is 61.3 Å². The van der Waals surface area contributed by atoms with E-state index >= 15 is 0 Å². The maximum Gasteiger partial charge on any atom is 0.225 e. The summed E-state index contributed by atoms with van der Waals surface area (Å²) in [6.07, 6.45) is 7.60. The van der Waals surface area contributed by atoms with Gasteiger partial charge < -0.3 is 10.6 Å². The van der Waals surface area contributed by atoms with Gasteiger partial charge >= 0.3 is 0 Å². The first-order valence-corrected chi connectivity index (χ1v) is 9.18. The van der Waals surface area contributed by atoms with Crippen LogP contribution in [-0.4, -0.2) is 16.0 Å². The first-order chi connectivity index (χ1) is 11.7. The Morgan fingerprint density at radius 1 is 1.00 bits per heavy atom. The zero-order chi connectivity index (χ0) is 16.5. The summed E-state index contributed by atoms with van der Waals surface area (Å²) in [7, 11) is 0. The second-order valence-electron chi connectivity index (χ2n) is 7.27. The normalized spacial score (nSPS) is 17.9. The molecule has 0 spiro atoms. The smallest absolute Gasteiger partial charge is 0.225 e. The molecular weight excluding hydrogens is 296 g/mol. The molecule has 4 rings (SSSR count). The second kappa shape index (κ2) is 6.42. The first-order valence-electron chi connectivity index (χ1n) is 9.18. The molecule has 1 heterocycles. The monoisotopic (exact) mass is 322 g/mol. The molecule has 4 nitrogen and oxygen atoms in total. The molecule has 1 aromatic carbocycles. The molecule has 24 heavy (non-hydrogen) atoms. The van der Waals surface area contributed by atoms with E-state index in [1.165, 1.54) is 55.3 Å². The Kier molecular flexibility index (Phi) is 4.13. The van der Waals surface area contributed by atoms with Crippen molar-refractivity contribution in [2.24, 2.45) is 0 Å². The summed E-state index contributed by atoms with van der Waals surface area (Å²) in [5.41, 5.74) is 4.87. The molecule has 0 atom stereocenters. The average Bonchev–Trinajstić information content (AvgIpc) is 3.30. The number of rotatable bonds is 5. The van der Waals surface area contributed by atoms with Gasteiger partial charge in [-0.1, -0.05) is 25.0 Å². The molecule has 1 aromatic heterocycles. The predicted molar refractivity (Wildman–Crippen MR) is 99.1 cm³/mol. The molecule has 4 heteroatoms. The molecule has 2 aliphatic rings. The SMILES string of the molecule is Cc1cccc(Nc2cc(C3CC3)nc(NC3CCCC3)n2)c1C. The summed E-state index contributed by atoms with van der Waals surface area (Å²) >= 11 is 0. The Bertz CT molecular complexity index is 730. The number of aromatic nitrogens is 2. The van der Waals surface area contributed by atoms with Crippen molar-refractivity contribution >= 4 is 17.5 Å². The van der Waals surface area contributed by atoms with Crippen molar-refractivity contribution in [1.29, 1.82) is 0 Å². The molecule has 2 aliphatic carbocycles. The van der Waals surface area contributed by atoms with Gasteiger partial charge in [-0.15, -0.1) is 0 Å². The van der Waals surface area contributed by atoms with Crippen molar-refractivity contribution in [2.45, 2.75) is 64.3 Å². The summed E-state index contributed by atoms with van der Waals surface area (Å²) in [6, 6.07) is 9.01. The van der Waals surface area contributed by atoms with Gasteiger partial charge in [0.15, 0.2) is 0 Å². The molecule has 126 valence electrons. The van der Waals surface area contributed by atoms with Crippen molar-refractivity contribution in [3.63, 3.8) is 0 Å². The van der Waals surface area contributed by atoms with Crippen molar-refractivity contribution in [3.05, 3.63) is 41.1 Å². The molecule has 0 saturated heterocycles. The van der Waals surface area contributed by atoms with Gasteiger partial charge in [-0.05, 0) is 56.7 Å². The lowest BCUT2D eigenvalue weighted by atomic mass is 10.1. The predicted octanol–water partition coefficient (Wildman–Crippen LogP) is 5.07. The van der Waals surface area contributed by atoms with Crippen molar-refractivity contribution in [3.8, 4) is 0 Å². The Hall–Kier alpha value is -2.10. The summed E-state index contributed by atoms with van der Waals surface area (Å²) in [5.74, 6) is 2.32. The Morgan fingerprint density at radius 2 is 1.79 bits per heavy atom. The van der Waals surface area contributed by atoms with E-state index in [-0.39, 0.29) is 0 Å². The molecular formula is C20H26N4. The van der Waals surface area contributed by atoms with Gasteiger partial charge in [-0.2, -0.15) is 4.98 Å². The van der Waals surface area contributed by atoms with Gasteiger partial charge in [0.25, 0.3) is 0 Å². The minimum Gasteiger partial charge on any atom is -0.351 e. The molecule has 0 aliphatic heterocycles. The van der Waals surface area contributed by atoms with Crippen LogP contribution in [0.15, 0.2) is 24.3 Å². The first kappa shape index (κ1) is 15.4. The zero-order valence-corrected chi connectivity index (χ0v) is 14.6. The van der Waals surface area contributed by atoms with Crippen LogP contribution in [-0.2, 0) is 0 Å². The van der Waals surface area contributed by atoms with Crippen molar-refractivity contribution in [1.82, 2.24) is 9.97 Å². The highest BCUT2D eigenvalue weighted by Gasteiger charge is 2.27. The Morgan fingerprint density at radius 3 is 2.54 bits per heavy atom. The number of anilines is 3. The number of hydrogen-bond donors (Lipinski definition) is 2. The fraction of sp³-hybridized carbons (Fsp3) is 0.500. The fourth-order valence-corrected chi connectivity index (χ4v) is 3.46. The summed E-state index contributed by atoms with van der Waals surface area (Å²) in [5, 5.41) is 7.06. The molecule has 2 aromatic rings. The van der Waals surface area contributed by atoms with E-state index in [0.717, 1.165) is 17.5 Å². The van der Waals surface area contributed by atoms with E-state index in [2.05, 4.69) is 48.7 Å². The summed E-state index contributed by atoms with van der Waals surface area (Å²) in [6.45, 7) is 4.29. The van der Waals surface area contributed by atoms with Gasteiger partial charge in [0.1, 0.15) is 5.82 Å². The largest absolute Gasteiger partial charge is 0.351 e. The highest BCUT2D eigenvalue weighted by molar-refractivity contribution is 5.63. The lowest BCUT2D eigenvalue weighted by Crippen LogP contribution is -2.17. The quantitative estimate of drug-likeness (QED) is 0.807. The van der Waals surface area contributed by atoms with E-state index in [1.54, 1.807) is 0 Å². The van der Waals surface area contributed by atoms with Crippen LogP contribution in [0.3, 0.4) is 0 Å². The van der Waals surface area contributed by atoms with Crippen molar-refractivity contribution < 1.29 is 0 Å². The molecule has 2 N–H and O–H groups in total. The van der Waals surface area contributed by atoms with Gasteiger partial charge in [-0.25, -0.2) is 4.98 Å². The molecule has 0 radical (unpaired) electrons. The minimum absolute atomic E-state index is 0.535. The highest BCUT2D eigenvalue weighted by atomic mass is 15.2. The third kappa shape index (κ3) is 3.37. The molecule has 0 unspecified atom stereocenters. The number of benzene rings is 1. The Balaban J connectivity index is 1.61. The number of aryl methyl sites for hydroxylation is 1. The van der Waals surface area contributed by atoms with E-state index in [9.17, 15) is 0 Å². The minimum atomic E-state index is 0.535. The number of nitrogens with zero attached hydrogens (tertiary/aromatic N) is 2. The van der Waals surface area contributed by atoms with Crippen LogP contribution in [0.25, 0.3) is 0 Å². The average molecular weight is 322 g/mol. The van der Waals surface area contributed by atoms with E-state index in [4.69, 9.17) is 9.97 Å². The standard InChI is InChI=1S/C20H26N4/c1-13-6-5-9-17(14(13)2)22-19-12-18(15-10-11-15)23-20(24-19)21-16-7-3-4-8-16/h5-6,9,12,15-16H,3-4,7-8,10-11H2,1-2H3,(H2,21,22,23,24). The maximum absolute atomic E-state index is 4.78. The second-order valence-corrected chi connectivity index (χ2v) is 7.27. The van der Waals surface area contributed by atoms with Crippen LogP contribution in [0.2, 0.25) is 0 Å². The third-order valence-electron chi connectivity index (χ3n) is 5.30. The lowest BCUT2D eigenvalue weighted by molar-refractivity contribution is 0.742. The van der Waals surface area contributed by atoms with E-state index in [1.807, 2.05) is 0 Å². The molecule has 0 bridgehead atoms. The fourth-order valence-electron chi connectivity index (χ4n) is 3.46. The highest BCUT2D eigenvalue weighted by Crippen LogP contribution is 2.40. The van der Waals surface area contributed by atoms with Gasteiger partial charge in [0, 0.05) is 23.7 Å². The van der Waals surface area contributed by atoms with E-state index < -0.39 is 0 Å². The van der Waals surface area contributed by atoms with Crippen LogP contribution in [0.4, 0.5) is 17.5 Å². The van der Waals surface area contributed by atoms with E-state index in [0.29, 0.717) is 12.0 Å². The summed E-state index contributed by atoms with van der Waals surface area (Å²) in [4.78, 5) is 9.52. The Labute approximate surface area is 144 Å². The zero-order valence-electron chi connectivity index (χ0n) is 14.6. The van der Waals surface area contributed by atoms with Gasteiger partial charge in [0.05, 0.1) is 5.69 Å². The van der Waals surface area contributed by atoms with Crippen molar-refractivity contribution in [2.75, 3.05) is 10.6 Å². The van der Waals surface area contributed by atoms with Gasteiger partial charge in [0.2, 0.25) is 5.95 Å². The summed E-state index contributed by atoms with van der Waals surface area (Å²) < 4.78 is 0. The van der Waals surface area contributed by atoms with Crippen LogP contribution >= 0.6 is 0 Å².